The van der Waals surface area contributed by atoms with Crippen LogP contribution in [0, 0.1) is 0 Å². The molecule has 0 N–H and O–H groups in total. The van der Waals surface area contributed by atoms with Crippen LogP contribution in [0.5, 0.6) is 11.5 Å². The lowest BCUT2D eigenvalue weighted by molar-refractivity contribution is 0.171. The average Bonchev–Trinajstić information content (AvgIpc) is 2.79. The van der Waals surface area contributed by atoms with Crippen molar-refractivity contribution in [3.05, 3.63) is 23.8 Å². The van der Waals surface area contributed by atoms with Gasteiger partial charge in [0.15, 0.2) is 21.3 Å². The molecular weight excluding hydrogens is 278 g/mol. The lowest BCUT2D eigenvalue weighted by Crippen LogP contribution is -2.32. The van der Waals surface area contributed by atoms with Crippen molar-refractivity contribution < 1.29 is 17.9 Å². The molecule has 2 aliphatic rings. The maximum atomic E-state index is 11.5. The minimum atomic E-state index is -2.83. The summed E-state index contributed by atoms with van der Waals surface area (Å²) in [5.41, 5.74) is 1.11. The van der Waals surface area contributed by atoms with Crippen molar-refractivity contribution in [3.8, 4) is 11.5 Å². The van der Waals surface area contributed by atoms with Gasteiger partial charge in [-0.15, -0.1) is 0 Å². The quantitative estimate of drug-likeness (QED) is 0.835. The molecule has 1 fully saturated rings. The normalized spacial score (nSPS) is 24.0. The molecule has 110 valence electrons. The van der Waals surface area contributed by atoms with Gasteiger partial charge in [0.2, 0.25) is 0 Å². The SMILES string of the molecule is CN(Cc1ccc2c(c1)OCCO2)[C@H]1CCS(=O)(=O)C1. The lowest BCUT2D eigenvalue weighted by atomic mass is 10.1. The summed E-state index contributed by atoms with van der Waals surface area (Å²) in [4.78, 5) is 2.11. The molecule has 2 aliphatic heterocycles. The van der Waals surface area contributed by atoms with Crippen LogP contribution >= 0.6 is 0 Å². The number of rotatable bonds is 3. The zero-order chi connectivity index (χ0) is 14.2. The monoisotopic (exact) mass is 297 g/mol. The Bertz CT molecular complexity index is 599. The zero-order valence-corrected chi connectivity index (χ0v) is 12.4. The number of ether oxygens (including phenoxy) is 2. The Morgan fingerprint density at radius 1 is 1.25 bits per heavy atom. The van der Waals surface area contributed by atoms with E-state index in [4.69, 9.17) is 9.47 Å². The van der Waals surface area contributed by atoms with E-state index < -0.39 is 9.84 Å². The Balaban J connectivity index is 1.68. The van der Waals surface area contributed by atoms with Gasteiger partial charge in [0, 0.05) is 12.6 Å². The highest BCUT2D eigenvalue weighted by atomic mass is 32.2. The molecule has 1 saturated heterocycles. The fourth-order valence-corrected chi connectivity index (χ4v) is 4.53. The van der Waals surface area contributed by atoms with E-state index in [0.717, 1.165) is 30.0 Å². The summed E-state index contributed by atoms with van der Waals surface area (Å²) in [6.45, 7) is 1.89. The van der Waals surface area contributed by atoms with Gasteiger partial charge in [0.25, 0.3) is 0 Å². The van der Waals surface area contributed by atoms with Crippen molar-refractivity contribution in [3.63, 3.8) is 0 Å². The third-order valence-electron chi connectivity index (χ3n) is 3.87. The van der Waals surface area contributed by atoms with Crippen LogP contribution in [0.25, 0.3) is 0 Å². The van der Waals surface area contributed by atoms with Gasteiger partial charge in [0.1, 0.15) is 13.2 Å². The standard InChI is InChI=1S/C14H19NO4S/c1-15(12-4-7-20(16,17)10-12)9-11-2-3-13-14(8-11)19-6-5-18-13/h2-3,8,12H,4-7,9-10H2,1H3/t12-/m0/s1. The van der Waals surface area contributed by atoms with E-state index >= 15 is 0 Å². The van der Waals surface area contributed by atoms with Crippen LogP contribution in [-0.2, 0) is 16.4 Å². The molecule has 5 nitrogen and oxygen atoms in total. The van der Waals surface area contributed by atoms with Crippen LogP contribution in [0.2, 0.25) is 0 Å². The number of hydrogen-bond acceptors (Lipinski definition) is 5. The molecule has 1 atom stereocenters. The van der Waals surface area contributed by atoms with Crippen molar-refractivity contribution in [1.29, 1.82) is 0 Å². The predicted octanol–water partition coefficient (Wildman–Crippen LogP) is 1.08. The Morgan fingerprint density at radius 2 is 2.00 bits per heavy atom. The second-order valence-corrected chi connectivity index (χ2v) is 7.68. The first-order chi connectivity index (χ1) is 9.53. The molecule has 0 aliphatic carbocycles. The molecule has 20 heavy (non-hydrogen) atoms. The van der Waals surface area contributed by atoms with E-state index in [1.165, 1.54) is 0 Å². The molecule has 0 unspecified atom stereocenters. The summed E-state index contributed by atoms with van der Waals surface area (Å²) in [5, 5.41) is 0. The van der Waals surface area contributed by atoms with Crippen LogP contribution in [0.1, 0.15) is 12.0 Å². The van der Waals surface area contributed by atoms with Gasteiger partial charge in [-0.1, -0.05) is 6.07 Å². The van der Waals surface area contributed by atoms with Crippen molar-refractivity contribution in [2.75, 3.05) is 31.8 Å². The second kappa shape index (κ2) is 5.26. The Kier molecular flexibility index (Phi) is 3.60. The number of nitrogens with zero attached hydrogens (tertiary/aromatic N) is 1. The van der Waals surface area contributed by atoms with E-state index in [0.29, 0.717) is 19.0 Å². The van der Waals surface area contributed by atoms with Crippen molar-refractivity contribution in [2.24, 2.45) is 0 Å². The first-order valence-electron chi connectivity index (χ1n) is 6.83. The smallest absolute Gasteiger partial charge is 0.161 e. The summed E-state index contributed by atoms with van der Waals surface area (Å²) in [7, 11) is -0.859. The van der Waals surface area contributed by atoms with Crippen molar-refractivity contribution in [2.45, 2.75) is 19.0 Å². The van der Waals surface area contributed by atoms with Crippen molar-refractivity contribution in [1.82, 2.24) is 4.90 Å². The van der Waals surface area contributed by atoms with Crippen LogP contribution in [-0.4, -0.2) is 51.1 Å². The molecule has 2 heterocycles. The Labute approximate surface area is 119 Å². The molecule has 0 bridgehead atoms. The van der Waals surface area contributed by atoms with Gasteiger partial charge in [0.05, 0.1) is 11.5 Å². The van der Waals surface area contributed by atoms with E-state index in [-0.39, 0.29) is 11.8 Å². The zero-order valence-electron chi connectivity index (χ0n) is 11.5. The summed E-state index contributed by atoms with van der Waals surface area (Å²) < 4.78 is 34.1. The van der Waals surface area contributed by atoms with E-state index in [9.17, 15) is 8.42 Å². The number of hydrogen-bond donors (Lipinski definition) is 0. The molecule has 1 aromatic rings. The molecule has 1 aromatic carbocycles. The van der Waals surface area contributed by atoms with Gasteiger partial charge >= 0.3 is 0 Å². The maximum Gasteiger partial charge on any atom is 0.161 e. The lowest BCUT2D eigenvalue weighted by Gasteiger charge is -2.24. The van der Waals surface area contributed by atoms with Crippen LogP contribution in [0.4, 0.5) is 0 Å². The molecule has 0 aromatic heterocycles. The maximum absolute atomic E-state index is 11.5. The number of fused-ring (bicyclic) bond motifs is 1. The van der Waals surface area contributed by atoms with E-state index in [2.05, 4.69) is 4.90 Å². The van der Waals surface area contributed by atoms with Gasteiger partial charge in [-0.25, -0.2) is 8.42 Å². The van der Waals surface area contributed by atoms with Crippen LogP contribution in [0.3, 0.4) is 0 Å². The average molecular weight is 297 g/mol. The highest BCUT2D eigenvalue weighted by Crippen LogP contribution is 2.31. The summed E-state index contributed by atoms with van der Waals surface area (Å²) in [6, 6.07) is 6.03. The number of benzene rings is 1. The predicted molar refractivity (Wildman–Crippen MR) is 76.0 cm³/mol. The second-order valence-electron chi connectivity index (χ2n) is 5.45. The van der Waals surface area contributed by atoms with Gasteiger partial charge in [-0.05, 0) is 31.2 Å². The van der Waals surface area contributed by atoms with Gasteiger partial charge < -0.3 is 9.47 Å². The molecule has 0 radical (unpaired) electrons. The topological polar surface area (TPSA) is 55.8 Å². The molecule has 6 heteroatoms. The minimum absolute atomic E-state index is 0.119. The fourth-order valence-electron chi connectivity index (χ4n) is 2.73. The summed E-state index contributed by atoms with van der Waals surface area (Å²) >= 11 is 0. The Morgan fingerprint density at radius 3 is 2.70 bits per heavy atom. The highest BCUT2D eigenvalue weighted by molar-refractivity contribution is 7.91. The van der Waals surface area contributed by atoms with Gasteiger partial charge in [-0.3, -0.25) is 4.90 Å². The molecular formula is C14H19NO4S. The molecule has 0 saturated carbocycles. The third-order valence-corrected chi connectivity index (χ3v) is 5.62. The molecule has 0 amide bonds. The van der Waals surface area contributed by atoms with Crippen LogP contribution in [0.15, 0.2) is 18.2 Å². The fraction of sp³-hybridized carbons (Fsp3) is 0.571. The van der Waals surface area contributed by atoms with Gasteiger partial charge in [-0.2, -0.15) is 0 Å². The molecule has 0 spiro atoms. The van der Waals surface area contributed by atoms with E-state index in [1.54, 1.807) is 0 Å². The minimum Gasteiger partial charge on any atom is -0.486 e. The largest absolute Gasteiger partial charge is 0.486 e. The van der Waals surface area contributed by atoms with Crippen LogP contribution < -0.4 is 9.47 Å². The molecule has 3 rings (SSSR count). The van der Waals surface area contributed by atoms with Crippen molar-refractivity contribution >= 4 is 9.84 Å². The highest BCUT2D eigenvalue weighted by Gasteiger charge is 2.30. The first kappa shape index (κ1) is 13.7. The Hall–Kier alpha value is -1.27. The number of sulfone groups is 1. The third kappa shape index (κ3) is 2.91. The first-order valence-corrected chi connectivity index (χ1v) is 8.65. The van der Waals surface area contributed by atoms with E-state index in [1.807, 2.05) is 25.2 Å². The summed E-state index contributed by atoms with van der Waals surface area (Å²) in [6.07, 6.45) is 0.726. The summed E-state index contributed by atoms with van der Waals surface area (Å²) in [5.74, 6) is 2.14.